The van der Waals surface area contributed by atoms with Crippen molar-refractivity contribution in [3.8, 4) is 0 Å². The van der Waals surface area contributed by atoms with Gasteiger partial charge in [0.1, 0.15) is 7.11 Å². The fourth-order valence-electron chi connectivity index (χ4n) is 1.45. The lowest BCUT2D eigenvalue weighted by atomic mass is 10.2. The molecule has 2 aromatic rings. The molecule has 9 nitrogen and oxygen atoms in total. The summed E-state index contributed by atoms with van der Waals surface area (Å²) in [6, 6.07) is 8.83. The molecule has 0 saturated heterocycles. The van der Waals surface area contributed by atoms with E-state index in [0.29, 0.717) is 0 Å². The van der Waals surface area contributed by atoms with Crippen LogP contribution in [0.1, 0.15) is 0 Å². The number of benzene rings is 1. The number of halogens is 1. The molecule has 0 amide bonds. The smallest absolute Gasteiger partial charge is 0.274 e. The summed E-state index contributed by atoms with van der Waals surface area (Å²) in [6.07, 6.45) is 1.35. The molecule has 0 bridgehead atoms. The van der Waals surface area contributed by atoms with E-state index in [1.807, 2.05) is 18.2 Å². The van der Waals surface area contributed by atoms with Gasteiger partial charge in [-0.2, -0.15) is 0 Å². The van der Waals surface area contributed by atoms with E-state index < -0.39 is 15.2 Å². The highest BCUT2D eigenvalue weighted by molar-refractivity contribution is 5.77. The number of para-hydroxylation sites is 1. The number of nitrogens with zero attached hydrogens (tertiary/aromatic N) is 2. The lowest BCUT2D eigenvalue weighted by Crippen LogP contribution is -2.68. The second-order valence-electron chi connectivity index (χ2n) is 3.40. The SMILES string of the molecule is CO[n+]1cc([N+](=O)[O-])cc2ccccc21.[O-][Cl+3]([O-])([O-])[O-]. The normalized spacial score (nSPS) is 10.7. The number of aromatic nitrogens is 1. The van der Waals surface area contributed by atoms with Crippen molar-refractivity contribution in [3.63, 3.8) is 0 Å². The molecule has 0 spiro atoms. The van der Waals surface area contributed by atoms with Crippen molar-refractivity contribution < 1.29 is 43.4 Å². The zero-order valence-electron chi connectivity index (χ0n) is 10.1. The number of fused-ring (bicyclic) bond motifs is 1. The molecule has 0 fully saturated rings. The molecule has 2 rings (SSSR count). The van der Waals surface area contributed by atoms with E-state index in [1.54, 1.807) is 6.07 Å². The van der Waals surface area contributed by atoms with Gasteiger partial charge in [0.05, 0.1) is 10.3 Å². The Balaban J connectivity index is 0.000000347. The van der Waals surface area contributed by atoms with Gasteiger partial charge < -0.3 is 0 Å². The summed E-state index contributed by atoms with van der Waals surface area (Å²) in [6.45, 7) is 0. The molecule has 0 atom stereocenters. The maximum Gasteiger partial charge on any atom is 0.338 e. The monoisotopic (exact) mass is 304 g/mol. The third-order valence-electron chi connectivity index (χ3n) is 2.13. The Hall–Kier alpha value is -2.04. The average Bonchev–Trinajstić information content (AvgIpc) is 2.35. The molecule has 0 radical (unpaired) electrons. The minimum Gasteiger partial charge on any atom is -0.274 e. The maximum atomic E-state index is 10.6. The highest BCUT2D eigenvalue weighted by Crippen LogP contribution is 2.15. The number of pyridine rings is 1. The van der Waals surface area contributed by atoms with Gasteiger partial charge in [-0.05, 0) is 6.07 Å². The summed E-state index contributed by atoms with van der Waals surface area (Å²) < 4.78 is 35.4. The second-order valence-corrected chi connectivity index (χ2v) is 4.16. The zero-order valence-corrected chi connectivity index (χ0v) is 10.9. The minimum atomic E-state index is -4.94. The van der Waals surface area contributed by atoms with Crippen molar-refractivity contribution in [1.82, 2.24) is 0 Å². The van der Waals surface area contributed by atoms with Gasteiger partial charge in [-0.3, -0.25) is 15.0 Å². The number of nitro groups is 1. The topological polar surface area (TPSA) is 148 Å². The Bertz CT molecular complexity index is 608. The van der Waals surface area contributed by atoms with Gasteiger partial charge in [0.25, 0.3) is 11.7 Å². The Morgan fingerprint density at radius 2 is 1.75 bits per heavy atom. The van der Waals surface area contributed by atoms with E-state index in [9.17, 15) is 10.1 Å². The van der Waals surface area contributed by atoms with E-state index in [2.05, 4.69) is 0 Å². The van der Waals surface area contributed by atoms with Crippen LogP contribution in [0.5, 0.6) is 0 Å². The van der Waals surface area contributed by atoms with Gasteiger partial charge in [0.15, 0.2) is 0 Å². The van der Waals surface area contributed by atoms with Crippen LogP contribution in [0, 0.1) is 20.4 Å². The van der Waals surface area contributed by atoms with Crippen LogP contribution in [0.3, 0.4) is 0 Å². The van der Waals surface area contributed by atoms with E-state index in [-0.39, 0.29) is 5.69 Å². The van der Waals surface area contributed by atoms with Gasteiger partial charge in [-0.25, -0.2) is 18.6 Å². The van der Waals surface area contributed by atoms with Crippen molar-refractivity contribution in [2.45, 2.75) is 0 Å². The molecular formula is C10H9ClN2O7. The van der Waals surface area contributed by atoms with Crippen LogP contribution in [-0.4, -0.2) is 12.0 Å². The van der Waals surface area contributed by atoms with Crippen molar-refractivity contribution in [2.75, 3.05) is 7.11 Å². The first-order valence-electron chi connectivity index (χ1n) is 4.97. The van der Waals surface area contributed by atoms with Crippen LogP contribution >= 0.6 is 0 Å². The van der Waals surface area contributed by atoms with Crippen molar-refractivity contribution in [2.24, 2.45) is 0 Å². The number of rotatable bonds is 2. The van der Waals surface area contributed by atoms with Gasteiger partial charge >= 0.3 is 5.69 Å². The summed E-state index contributed by atoms with van der Waals surface area (Å²) in [4.78, 5) is 15.2. The lowest BCUT2D eigenvalue weighted by molar-refractivity contribution is -2.00. The van der Waals surface area contributed by atoms with E-state index in [4.69, 9.17) is 23.5 Å². The molecule has 0 unspecified atom stereocenters. The third kappa shape index (κ3) is 4.91. The predicted molar refractivity (Wildman–Crippen MR) is 53.3 cm³/mol. The summed E-state index contributed by atoms with van der Waals surface area (Å²) in [5, 5.41) is 11.4. The maximum absolute atomic E-state index is 10.6. The number of hydrogen-bond donors (Lipinski definition) is 0. The molecular weight excluding hydrogens is 296 g/mol. The summed E-state index contributed by atoms with van der Waals surface area (Å²) >= 11 is 0. The molecule has 108 valence electrons. The third-order valence-corrected chi connectivity index (χ3v) is 2.13. The van der Waals surface area contributed by atoms with Crippen LogP contribution in [0.2, 0.25) is 0 Å². The summed E-state index contributed by atoms with van der Waals surface area (Å²) in [5.41, 5.74) is 0.807. The first kappa shape index (κ1) is 16.0. The molecule has 0 saturated carbocycles. The highest BCUT2D eigenvalue weighted by Gasteiger charge is 2.18. The fraction of sp³-hybridized carbons (Fsp3) is 0.100. The zero-order chi connectivity index (χ0) is 15.3. The largest absolute Gasteiger partial charge is 0.338 e. The quantitative estimate of drug-likeness (QED) is 0.315. The Morgan fingerprint density at radius 1 is 1.20 bits per heavy atom. The molecule has 0 aliphatic rings. The van der Waals surface area contributed by atoms with E-state index >= 15 is 0 Å². The molecule has 0 aliphatic carbocycles. The van der Waals surface area contributed by atoms with Crippen LogP contribution in [0.4, 0.5) is 5.69 Å². The average molecular weight is 305 g/mol. The molecule has 1 heterocycles. The van der Waals surface area contributed by atoms with Gasteiger partial charge in [-0.1, -0.05) is 12.1 Å². The first-order valence-corrected chi connectivity index (χ1v) is 6.21. The minimum absolute atomic E-state index is 0.00977. The van der Waals surface area contributed by atoms with Crippen LogP contribution < -0.4 is 28.2 Å². The molecule has 0 N–H and O–H groups in total. The molecule has 1 aromatic carbocycles. The fourth-order valence-corrected chi connectivity index (χ4v) is 1.45. The molecule has 20 heavy (non-hydrogen) atoms. The van der Waals surface area contributed by atoms with Gasteiger partial charge in [-0.15, -0.1) is 10.2 Å². The van der Waals surface area contributed by atoms with Crippen molar-refractivity contribution in [3.05, 3.63) is 46.6 Å². The lowest BCUT2D eigenvalue weighted by Gasteiger charge is -2.17. The van der Waals surface area contributed by atoms with Gasteiger partial charge in [0.2, 0.25) is 0 Å². The predicted octanol–water partition coefficient (Wildman–Crippen LogP) is -3.66. The van der Waals surface area contributed by atoms with Crippen molar-refractivity contribution in [1.29, 1.82) is 0 Å². The number of hydrogen-bond acceptors (Lipinski definition) is 7. The van der Waals surface area contributed by atoms with E-state index in [1.165, 1.54) is 24.1 Å². The summed E-state index contributed by atoms with van der Waals surface area (Å²) in [5.74, 6) is 0. The van der Waals surface area contributed by atoms with Crippen LogP contribution in [0.25, 0.3) is 10.9 Å². The highest BCUT2D eigenvalue weighted by atomic mass is 35.7. The second kappa shape index (κ2) is 6.41. The van der Waals surface area contributed by atoms with Gasteiger partial charge in [0, 0.05) is 16.9 Å². The Labute approximate surface area is 114 Å². The standard InChI is InChI=1S/C10H9N2O3.ClHO4/c1-15-11-7-9(12(13)14)6-8-4-2-3-5-10(8)11;2-1(3,4)5/h2-7H,1H3;(H,2,3,4,5)/q+1;/p-1. The Kier molecular flexibility index (Phi) is 5.13. The van der Waals surface area contributed by atoms with Crippen LogP contribution in [-0.2, 0) is 0 Å². The van der Waals surface area contributed by atoms with Crippen molar-refractivity contribution >= 4 is 16.6 Å². The summed E-state index contributed by atoms with van der Waals surface area (Å²) in [7, 11) is -3.48. The molecule has 10 heteroatoms. The first-order chi connectivity index (χ1) is 9.22. The Morgan fingerprint density at radius 3 is 2.25 bits per heavy atom. The van der Waals surface area contributed by atoms with Crippen LogP contribution in [0.15, 0.2) is 36.5 Å². The molecule has 0 aliphatic heterocycles. The van der Waals surface area contributed by atoms with E-state index in [0.717, 1.165) is 10.9 Å². The molecule has 1 aromatic heterocycles.